The quantitative estimate of drug-likeness (QED) is 0.819. The SMILES string of the molecule is Cc1ccc(S(=O)(=O)N2CCCC2C(=O)NCC2CNC2)cc1. The van der Waals surface area contributed by atoms with E-state index in [0.717, 1.165) is 18.7 Å². The van der Waals surface area contributed by atoms with E-state index in [-0.39, 0.29) is 10.8 Å². The molecule has 2 saturated heterocycles. The maximum absolute atomic E-state index is 12.8. The fourth-order valence-electron chi connectivity index (χ4n) is 2.99. The van der Waals surface area contributed by atoms with E-state index in [9.17, 15) is 13.2 Å². The van der Waals surface area contributed by atoms with Gasteiger partial charge >= 0.3 is 0 Å². The molecule has 6 nitrogen and oxygen atoms in total. The van der Waals surface area contributed by atoms with E-state index in [1.54, 1.807) is 24.3 Å². The number of nitrogens with zero attached hydrogens (tertiary/aromatic N) is 1. The average Bonchev–Trinajstić information content (AvgIpc) is 2.96. The molecule has 7 heteroatoms. The molecule has 2 aliphatic rings. The minimum atomic E-state index is -3.62. The van der Waals surface area contributed by atoms with Crippen molar-refractivity contribution in [3.05, 3.63) is 29.8 Å². The van der Waals surface area contributed by atoms with Gasteiger partial charge in [0, 0.05) is 32.1 Å². The second-order valence-electron chi connectivity index (χ2n) is 6.36. The van der Waals surface area contributed by atoms with Crippen LogP contribution in [0.15, 0.2) is 29.2 Å². The molecular weight excluding hydrogens is 314 g/mol. The van der Waals surface area contributed by atoms with Crippen molar-refractivity contribution in [1.82, 2.24) is 14.9 Å². The highest BCUT2D eigenvalue weighted by atomic mass is 32.2. The largest absolute Gasteiger partial charge is 0.354 e. The highest BCUT2D eigenvalue weighted by molar-refractivity contribution is 7.89. The molecule has 2 heterocycles. The van der Waals surface area contributed by atoms with Crippen LogP contribution in [-0.4, -0.2) is 50.9 Å². The Balaban J connectivity index is 1.71. The summed E-state index contributed by atoms with van der Waals surface area (Å²) in [5.41, 5.74) is 1.01. The predicted octanol–water partition coefficient (Wildman–Crippen LogP) is 0.484. The Morgan fingerprint density at radius 3 is 2.61 bits per heavy atom. The highest BCUT2D eigenvalue weighted by Gasteiger charge is 2.39. The van der Waals surface area contributed by atoms with Gasteiger partial charge in [-0.25, -0.2) is 8.42 Å². The highest BCUT2D eigenvalue weighted by Crippen LogP contribution is 2.26. The molecule has 3 rings (SSSR count). The molecule has 2 fully saturated rings. The second kappa shape index (κ2) is 6.59. The molecular formula is C16H23N3O3S. The first-order valence-electron chi connectivity index (χ1n) is 8.05. The number of hydrogen-bond acceptors (Lipinski definition) is 4. The Morgan fingerprint density at radius 2 is 2.00 bits per heavy atom. The third-order valence-electron chi connectivity index (χ3n) is 4.56. The molecule has 2 aliphatic heterocycles. The van der Waals surface area contributed by atoms with E-state index in [2.05, 4.69) is 10.6 Å². The van der Waals surface area contributed by atoms with Crippen molar-refractivity contribution in [3.63, 3.8) is 0 Å². The summed E-state index contributed by atoms with van der Waals surface area (Å²) < 4.78 is 27.0. The van der Waals surface area contributed by atoms with Crippen molar-refractivity contribution in [2.24, 2.45) is 5.92 Å². The van der Waals surface area contributed by atoms with E-state index in [4.69, 9.17) is 0 Å². The van der Waals surface area contributed by atoms with Crippen LogP contribution in [0.5, 0.6) is 0 Å². The summed E-state index contributed by atoms with van der Waals surface area (Å²) in [6, 6.07) is 6.19. The van der Waals surface area contributed by atoms with E-state index >= 15 is 0 Å². The van der Waals surface area contributed by atoms with E-state index in [0.29, 0.717) is 31.8 Å². The van der Waals surface area contributed by atoms with Gasteiger partial charge in [-0.05, 0) is 31.9 Å². The average molecular weight is 337 g/mol. The minimum Gasteiger partial charge on any atom is -0.354 e. The Labute approximate surface area is 137 Å². The van der Waals surface area contributed by atoms with Crippen molar-refractivity contribution in [2.75, 3.05) is 26.2 Å². The van der Waals surface area contributed by atoms with Crippen LogP contribution in [0.2, 0.25) is 0 Å². The topological polar surface area (TPSA) is 78.5 Å². The van der Waals surface area contributed by atoms with Gasteiger partial charge < -0.3 is 10.6 Å². The molecule has 0 radical (unpaired) electrons. The summed E-state index contributed by atoms with van der Waals surface area (Å²) in [6.45, 7) is 4.75. The first kappa shape index (κ1) is 16.4. The third kappa shape index (κ3) is 3.41. The smallest absolute Gasteiger partial charge is 0.243 e. The summed E-state index contributed by atoms with van der Waals surface area (Å²) in [7, 11) is -3.62. The molecule has 1 amide bonds. The molecule has 126 valence electrons. The summed E-state index contributed by atoms with van der Waals surface area (Å²) in [6.07, 6.45) is 1.30. The molecule has 0 aliphatic carbocycles. The molecule has 1 atom stereocenters. The van der Waals surface area contributed by atoms with Gasteiger partial charge in [-0.15, -0.1) is 0 Å². The number of amides is 1. The van der Waals surface area contributed by atoms with Gasteiger partial charge in [-0.1, -0.05) is 17.7 Å². The Kier molecular flexibility index (Phi) is 4.70. The van der Waals surface area contributed by atoms with Gasteiger partial charge in [0.2, 0.25) is 15.9 Å². The van der Waals surface area contributed by atoms with Gasteiger partial charge in [-0.2, -0.15) is 4.31 Å². The zero-order valence-electron chi connectivity index (χ0n) is 13.3. The molecule has 23 heavy (non-hydrogen) atoms. The van der Waals surface area contributed by atoms with Gasteiger partial charge in [0.1, 0.15) is 6.04 Å². The van der Waals surface area contributed by atoms with Crippen LogP contribution in [0.4, 0.5) is 0 Å². The summed E-state index contributed by atoms with van der Waals surface area (Å²) in [5.74, 6) is 0.285. The van der Waals surface area contributed by atoms with Crippen molar-refractivity contribution in [2.45, 2.75) is 30.7 Å². The first-order chi connectivity index (χ1) is 11.0. The number of aryl methyl sites for hydroxylation is 1. The van der Waals surface area contributed by atoms with Gasteiger partial charge in [0.05, 0.1) is 4.90 Å². The van der Waals surface area contributed by atoms with Gasteiger partial charge in [-0.3, -0.25) is 4.79 Å². The summed E-state index contributed by atoms with van der Waals surface area (Å²) in [4.78, 5) is 12.7. The number of carbonyl (C=O) groups is 1. The summed E-state index contributed by atoms with van der Waals surface area (Å²) >= 11 is 0. The summed E-state index contributed by atoms with van der Waals surface area (Å²) in [5, 5.41) is 6.06. The minimum absolute atomic E-state index is 0.176. The Bertz CT molecular complexity index is 668. The number of rotatable bonds is 5. The van der Waals surface area contributed by atoms with E-state index < -0.39 is 16.1 Å². The van der Waals surface area contributed by atoms with Crippen molar-refractivity contribution in [3.8, 4) is 0 Å². The maximum atomic E-state index is 12.8. The molecule has 1 aromatic rings. The Morgan fingerprint density at radius 1 is 1.30 bits per heavy atom. The van der Waals surface area contributed by atoms with Crippen LogP contribution in [-0.2, 0) is 14.8 Å². The normalized spacial score (nSPS) is 22.7. The lowest BCUT2D eigenvalue weighted by Crippen LogP contribution is -2.51. The lowest BCUT2D eigenvalue weighted by Gasteiger charge is -2.29. The molecule has 0 spiro atoms. The standard InChI is InChI=1S/C16H23N3O3S/c1-12-4-6-14(7-5-12)23(21,22)19-8-2-3-15(19)16(20)18-11-13-9-17-10-13/h4-7,13,15,17H,2-3,8-11H2,1H3,(H,18,20). The maximum Gasteiger partial charge on any atom is 0.243 e. The monoisotopic (exact) mass is 337 g/mol. The number of sulfonamides is 1. The lowest BCUT2D eigenvalue weighted by molar-refractivity contribution is -0.124. The van der Waals surface area contributed by atoms with Crippen LogP contribution < -0.4 is 10.6 Å². The molecule has 0 aromatic heterocycles. The number of carbonyl (C=O) groups excluding carboxylic acids is 1. The lowest BCUT2D eigenvalue weighted by atomic mass is 10.0. The molecule has 0 bridgehead atoms. The molecule has 0 saturated carbocycles. The predicted molar refractivity (Wildman–Crippen MR) is 87.5 cm³/mol. The fraction of sp³-hybridized carbons (Fsp3) is 0.562. The third-order valence-corrected chi connectivity index (χ3v) is 6.49. The zero-order valence-corrected chi connectivity index (χ0v) is 14.1. The van der Waals surface area contributed by atoms with Crippen molar-refractivity contribution >= 4 is 15.9 Å². The van der Waals surface area contributed by atoms with Crippen LogP contribution in [0.3, 0.4) is 0 Å². The van der Waals surface area contributed by atoms with Crippen LogP contribution >= 0.6 is 0 Å². The van der Waals surface area contributed by atoms with Gasteiger partial charge in [0.15, 0.2) is 0 Å². The Hall–Kier alpha value is -1.44. The molecule has 1 aromatic carbocycles. The zero-order chi connectivity index (χ0) is 16.4. The van der Waals surface area contributed by atoms with Gasteiger partial charge in [0.25, 0.3) is 0 Å². The molecule has 2 N–H and O–H groups in total. The number of benzene rings is 1. The molecule has 1 unspecified atom stereocenters. The van der Waals surface area contributed by atoms with E-state index in [1.807, 2.05) is 6.92 Å². The van der Waals surface area contributed by atoms with Crippen molar-refractivity contribution < 1.29 is 13.2 Å². The second-order valence-corrected chi connectivity index (χ2v) is 8.25. The van der Waals surface area contributed by atoms with Crippen LogP contribution in [0, 0.1) is 12.8 Å². The van der Waals surface area contributed by atoms with E-state index in [1.165, 1.54) is 4.31 Å². The van der Waals surface area contributed by atoms with Crippen LogP contribution in [0.1, 0.15) is 18.4 Å². The number of hydrogen-bond donors (Lipinski definition) is 2. The first-order valence-corrected chi connectivity index (χ1v) is 9.49. The number of nitrogens with one attached hydrogen (secondary N) is 2. The van der Waals surface area contributed by atoms with Crippen molar-refractivity contribution in [1.29, 1.82) is 0 Å². The fourth-order valence-corrected chi connectivity index (χ4v) is 4.65. The van der Waals surface area contributed by atoms with Crippen LogP contribution in [0.25, 0.3) is 0 Å².